The third-order valence-corrected chi connectivity index (χ3v) is 5.93. The number of nitrogens with one attached hydrogen (secondary N) is 1. The smallest absolute Gasteiger partial charge is 0.221 e. The summed E-state index contributed by atoms with van der Waals surface area (Å²) in [5.74, 6) is 0.415. The van der Waals surface area contributed by atoms with Crippen LogP contribution in [-0.2, 0) is 18.4 Å². The van der Waals surface area contributed by atoms with Crippen LogP contribution < -0.4 is 5.32 Å². The van der Waals surface area contributed by atoms with Gasteiger partial charge in [-0.05, 0) is 18.4 Å². The van der Waals surface area contributed by atoms with Gasteiger partial charge in [-0.2, -0.15) is 5.10 Å². The highest BCUT2D eigenvalue weighted by atomic mass is 32.1. The normalized spacial score (nSPS) is 24.2. The van der Waals surface area contributed by atoms with Crippen LogP contribution >= 0.6 is 11.3 Å². The highest BCUT2D eigenvalue weighted by molar-refractivity contribution is 7.09. The van der Waals surface area contributed by atoms with Crippen LogP contribution in [0.3, 0.4) is 0 Å². The van der Waals surface area contributed by atoms with Crippen molar-refractivity contribution in [1.29, 1.82) is 0 Å². The first kappa shape index (κ1) is 14.8. The van der Waals surface area contributed by atoms with Crippen LogP contribution in [0.1, 0.15) is 35.8 Å². The molecule has 2 saturated heterocycles. The Bertz CT molecular complexity index is 687. The molecule has 0 radical (unpaired) electrons. The van der Waals surface area contributed by atoms with E-state index in [9.17, 15) is 4.79 Å². The number of thiazole rings is 1. The summed E-state index contributed by atoms with van der Waals surface area (Å²) >= 11 is 1.71. The zero-order valence-corrected chi connectivity index (χ0v) is 14.1. The van der Waals surface area contributed by atoms with Crippen LogP contribution in [0.5, 0.6) is 0 Å². The summed E-state index contributed by atoms with van der Waals surface area (Å²) in [7, 11) is 1.93. The van der Waals surface area contributed by atoms with Crippen molar-refractivity contribution in [3.05, 3.63) is 34.5 Å². The molecule has 1 amide bonds. The van der Waals surface area contributed by atoms with E-state index in [2.05, 4.69) is 26.5 Å². The number of hydrogen-bond acceptors (Lipinski definition) is 5. The lowest BCUT2D eigenvalue weighted by Crippen LogP contribution is -2.53. The molecule has 4 rings (SSSR count). The number of carbonyl (C=O) groups is 1. The van der Waals surface area contributed by atoms with Crippen molar-refractivity contribution < 1.29 is 4.79 Å². The predicted molar refractivity (Wildman–Crippen MR) is 88.1 cm³/mol. The monoisotopic (exact) mass is 331 g/mol. The van der Waals surface area contributed by atoms with Crippen molar-refractivity contribution in [1.82, 2.24) is 25.0 Å². The average molecular weight is 331 g/mol. The molecular weight excluding hydrogens is 310 g/mol. The number of likely N-dealkylation sites (tertiary alicyclic amines) is 1. The first-order valence-corrected chi connectivity index (χ1v) is 8.93. The van der Waals surface area contributed by atoms with Gasteiger partial charge < -0.3 is 5.32 Å². The molecule has 2 aliphatic heterocycles. The highest BCUT2D eigenvalue weighted by Crippen LogP contribution is 2.43. The van der Waals surface area contributed by atoms with Gasteiger partial charge in [0.25, 0.3) is 0 Å². The molecule has 2 fully saturated rings. The van der Waals surface area contributed by atoms with Crippen LogP contribution in [0.15, 0.2) is 24.0 Å². The lowest BCUT2D eigenvalue weighted by Gasteiger charge is -2.42. The van der Waals surface area contributed by atoms with Crippen molar-refractivity contribution >= 4 is 17.2 Å². The Morgan fingerprint density at radius 3 is 2.91 bits per heavy atom. The van der Waals surface area contributed by atoms with Crippen LogP contribution in [-0.4, -0.2) is 44.2 Å². The van der Waals surface area contributed by atoms with Gasteiger partial charge in [0, 0.05) is 55.8 Å². The molecule has 6 nitrogen and oxygen atoms in total. The number of piperidine rings is 1. The van der Waals surface area contributed by atoms with Gasteiger partial charge in [0.15, 0.2) is 0 Å². The molecule has 0 unspecified atom stereocenters. The first-order valence-electron chi connectivity index (χ1n) is 8.05. The Hall–Kier alpha value is -1.73. The minimum atomic E-state index is -0.0977. The second-order valence-corrected chi connectivity index (χ2v) is 7.59. The van der Waals surface area contributed by atoms with E-state index in [1.807, 2.05) is 29.5 Å². The Morgan fingerprint density at radius 1 is 1.43 bits per heavy atom. The summed E-state index contributed by atoms with van der Waals surface area (Å²) in [6, 6.07) is 0. The molecule has 0 aliphatic carbocycles. The number of hydrogen-bond donors (Lipinski definition) is 1. The van der Waals surface area contributed by atoms with Crippen molar-refractivity contribution in [3.8, 4) is 0 Å². The maximum Gasteiger partial charge on any atom is 0.221 e. The fourth-order valence-electron chi connectivity index (χ4n) is 3.96. The summed E-state index contributed by atoms with van der Waals surface area (Å²) in [6.45, 7) is 2.91. The third-order valence-electron chi connectivity index (χ3n) is 5.16. The number of nitrogens with zero attached hydrogens (tertiary/aromatic N) is 4. The molecule has 1 spiro atoms. The van der Waals surface area contributed by atoms with Gasteiger partial charge in [0.2, 0.25) is 5.91 Å². The van der Waals surface area contributed by atoms with Gasteiger partial charge in [0.05, 0.1) is 12.7 Å². The Labute approximate surface area is 139 Å². The molecule has 0 saturated carbocycles. The molecular formula is C16H21N5OS. The van der Waals surface area contributed by atoms with Gasteiger partial charge in [-0.15, -0.1) is 11.3 Å². The minimum absolute atomic E-state index is 0.0977. The van der Waals surface area contributed by atoms with E-state index < -0.39 is 0 Å². The second-order valence-electron chi connectivity index (χ2n) is 6.61. The second kappa shape index (κ2) is 5.72. The largest absolute Gasteiger partial charge is 0.350 e. The number of aromatic nitrogens is 3. The SMILES string of the molecule is Cn1cc([C@@H]2CC(=O)NC23CCN(Cc2nccs2)CC3)cn1. The molecule has 2 aromatic rings. The first-order chi connectivity index (χ1) is 11.1. The number of aryl methyl sites for hydroxylation is 1. The molecule has 2 aliphatic rings. The molecule has 4 heterocycles. The Balaban J connectivity index is 1.48. The minimum Gasteiger partial charge on any atom is -0.350 e. The number of rotatable bonds is 3. The quantitative estimate of drug-likeness (QED) is 0.926. The van der Waals surface area contributed by atoms with Crippen molar-refractivity contribution in [2.75, 3.05) is 13.1 Å². The van der Waals surface area contributed by atoms with Crippen LogP contribution in [0, 0.1) is 0 Å². The van der Waals surface area contributed by atoms with E-state index in [1.54, 1.807) is 11.3 Å². The number of carbonyl (C=O) groups excluding carboxylic acids is 1. The van der Waals surface area contributed by atoms with Gasteiger partial charge in [-0.25, -0.2) is 4.98 Å². The standard InChI is InChI=1S/C16H21N5OS/c1-20-10-12(9-18-20)13-8-14(22)19-16(13)2-5-21(6-3-16)11-15-17-4-7-23-15/h4,7,9-10,13H,2-3,5-6,8,11H2,1H3,(H,19,22)/t13-/m0/s1. The molecule has 2 aromatic heterocycles. The van der Waals surface area contributed by atoms with Crippen LogP contribution in [0.2, 0.25) is 0 Å². The van der Waals surface area contributed by atoms with Crippen LogP contribution in [0.4, 0.5) is 0 Å². The van der Waals surface area contributed by atoms with E-state index >= 15 is 0 Å². The fraction of sp³-hybridized carbons (Fsp3) is 0.562. The molecule has 1 N–H and O–H groups in total. The van der Waals surface area contributed by atoms with E-state index in [0.717, 1.165) is 32.5 Å². The van der Waals surface area contributed by atoms with Crippen molar-refractivity contribution in [2.45, 2.75) is 37.3 Å². The molecule has 23 heavy (non-hydrogen) atoms. The topological polar surface area (TPSA) is 63.1 Å². The molecule has 122 valence electrons. The summed E-state index contributed by atoms with van der Waals surface area (Å²) in [5.41, 5.74) is 1.08. The molecule has 0 aromatic carbocycles. The lowest BCUT2D eigenvalue weighted by molar-refractivity contribution is -0.120. The summed E-state index contributed by atoms with van der Waals surface area (Å²) < 4.78 is 1.82. The van der Waals surface area contributed by atoms with Crippen LogP contribution in [0.25, 0.3) is 0 Å². The molecule has 0 bridgehead atoms. The maximum absolute atomic E-state index is 12.1. The lowest BCUT2D eigenvalue weighted by atomic mass is 9.75. The highest BCUT2D eigenvalue weighted by Gasteiger charge is 2.49. The Kier molecular flexibility index (Phi) is 3.69. The summed E-state index contributed by atoms with van der Waals surface area (Å²) in [5, 5.41) is 10.8. The summed E-state index contributed by atoms with van der Waals surface area (Å²) in [4.78, 5) is 18.9. The van der Waals surface area contributed by atoms with Gasteiger partial charge in [0.1, 0.15) is 5.01 Å². The zero-order valence-electron chi connectivity index (χ0n) is 13.2. The fourth-order valence-corrected chi connectivity index (χ4v) is 4.62. The van der Waals surface area contributed by atoms with Crippen molar-refractivity contribution in [3.63, 3.8) is 0 Å². The van der Waals surface area contributed by atoms with Gasteiger partial charge >= 0.3 is 0 Å². The van der Waals surface area contributed by atoms with E-state index in [-0.39, 0.29) is 17.4 Å². The third kappa shape index (κ3) is 2.79. The van der Waals surface area contributed by atoms with E-state index in [4.69, 9.17) is 0 Å². The summed E-state index contributed by atoms with van der Waals surface area (Å²) in [6.07, 6.45) is 8.38. The van der Waals surface area contributed by atoms with Gasteiger partial charge in [-0.3, -0.25) is 14.4 Å². The average Bonchev–Trinajstić information content (AvgIpc) is 3.24. The Morgan fingerprint density at radius 2 is 2.26 bits per heavy atom. The number of amides is 1. The van der Waals surface area contributed by atoms with Crippen molar-refractivity contribution in [2.24, 2.45) is 7.05 Å². The van der Waals surface area contributed by atoms with E-state index in [1.165, 1.54) is 10.6 Å². The van der Waals surface area contributed by atoms with Gasteiger partial charge in [-0.1, -0.05) is 0 Å². The van der Waals surface area contributed by atoms with E-state index in [0.29, 0.717) is 6.42 Å². The maximum atomic E-state index is 12.1. The molecule has 1 atom stereocenters. The predicted octanol–water partition coefficient (Wildman–Crippen LogP) is 1.51. The zero-order chi connectivity index (χ0) is 15.9. The molecule has 7 heteroatoms.